The van der Waals surface area contributed by atoms with Crippen LogP contribution in [0.25, 0.3) is 0 Å². The van der Waals surface area contributed by atoms with Crippen molar-refractivity contribution in [3.8, 4) is 0 Å². The number of nitrogens with one attached hydrogen (secondary N) is 1. The highest BCUT2D eigenvalue weighted by Crippen LogP contribution is 2.30. The summed E-state index contributed by atoms with van der Waals surface area (Å²) in [5.41, 5.74) is 5.73. The standard InChI is InChI=1S/C8H17N5/c1-7(2,3)5-8(4,9)6-10-12-13-11-6/h5,9H2,1-4H3,(H,10,11,12,13). The minimum absolute atomic E-state index is 0.157. The molecule has 1 unspecified atom stereocenters. The van der Waals surface area contributed by atoms with E-state index >= 15 is 0 Å². The zero-order valence-corrected chi connectivity index (χ0v) is 8.63. The van der Waals surface area contributed by atoms with E-state index in [2.05, 4.69) is 41.4 Å². The Labute approximate surface area is 78.1 Å². The molecule has 5 heteroatoms. The highest BCUT2D eigenvalue weighted by atomic mass is 15.5. The Balaban J connectivity index is 2.78. The number of nitrogens with zero attached hydrogens (tertiary/aromatic N) is 3. The molecule has 0 aliphatic rings. The quantitative estimate of drug-likeness (QED) is 0.711. The van der Waals surface area contributed by atoms with E-state index in [4.69, 9.17) is 5.73 Å². The van der Waals surface area contributed by atoms with E-state index in [0.717, 1.165) is 6.42 Å². The summed E-state index contributed by atoms with van der Waals surface area (Å²) in [6.07, 6.45) is 0.819. The minimum Gasteiger partial charge on any atom is -0.319 e. The zero-order valence-electron chi connectivity index (χ0n) is 8.63. The van der Waals surface area contributed by atoms with Gasteiger partial charge in [0.15, 0.2) is 5.82 Å². The van der Waals surface area contributed by atoms with Crippen molar-refractivity contribution in [2.75, 3.05) is 0 Å². The van der Waals surface area contributed by atoms with Gasteiger partial charge in [0.2, 0.25) is 0 Å². The largest absolute Gasteiger partial charge is 0.319 e. The van der Waals surface area contributed by atoms with Crippen molar-refractivity contribution < 1.29 is 0 Å². The minimum atomic E-state index is -0.509. The molecule has 0 aromatic carbocycles. The molecule has 13 heavy (non-hydrogen) atoms. The van der Waals surface area contributed by atoms with Crippen LogP contribution in [0, 0.1) is 5.41 Å². The van der Waals surface area contributed by atoms with Crippen LogP contribution in [-0.2, 0) is 5.54 Å². The van der Waals surface area contributed by atoms with Crippen molar-refractivity contribution in [3.05, 3.63) is 5.82 Å². The molecular formula is C8H17N5. The molecule has 0 bridgehead atoms. The van der Waals surface area contributed by atoms with Gasteiger partial charge in [0.05, 0.1) is 5.54 Å². The van der Waals surface area contributed by atoms with Gasteiger partial charge in [-0.2, -0.15) is 5.21 Å². The zero-order chi connectivity index (χ0) is 10.1. The Kier molecular flexibility index (Phi) is 2.38. The van der Waals surface area contributed by atoms with Gasteiger partial charge in [-0.25, -0.2) is 0 Å². The van der Waals surface area contributed by atoms with Crippen LogP contribution in [0.3, 0.4) is 0 Å². The average molecular weight is 183 g/mol. The van der Waals surface area contributed by atoms with Gasteiger partial charge in [-0.1, -0.05) is 26.0 Å². The molecule has 1 rings (SSSR count). The Morgan fingerprint density at radius 2 is 1.92 bits per heavy atom. The first-order valence-electron chi connectivity index (χ1n) is 4.34. The number of H-pyrrole nitrogens is 1. The Hall–Kier alpha value is -0.970. The van der Waals surface area contributed by atoms with E-state index < -0.39 is 5.54 Å². The molecule has 0 saturated carbocycles. The van der Waals surface area contributed by atoms with Crippen molar-refractivity contribution in [1.29, 1.82) is 0 Å². The van der Waals surface area contributed by atoms with Crippen molar-refractivity contribution in [2.24, 2.45) is 11.1 Å². The maximum absolute atomic E-state index is 6.08. The molecule has 0 radical (unpaired) electrons. The first-order chi connectivity index (χ1) is 5.81. The fraction of sp³-hybridized carbons (Fsp3) is 0.875. The summed E-state index contributed by atoms with van der Waals surface area (Å²) in [4.78, 5) is 0. The normalized spacial score (nSPS) is 17.0. The van der Waals surface area contributed by atoms with Gasteiger partial charge in [-0.15, -0.1) is 10.2 Å². The Morgan fingerprint density at radius 3 is 2.31 bits per heavy atom. The Morgan fingerprint density at radius 1 is 1.31 bits per heavy atom. The van der Waals surface area contributed by atoms with Crippen molar-refractivity contribution in [2.45, 2.75) is 39.7 Å². The van der Waals surface area contributed by atoms with Crippen LogP contribution in [-0.4, -0.2) is 20.6 Å². The summed E-state index contributed by atoms with van der Waals surface area (Å²) in [6.45, 7) is 8.33. The molecule has 0 spiro atoms. The summed E-state index contributed by atoms with van der Waals surface area (Å²) in [5, 5.41) is 13.7. The fourth-order valence-electron chi connectivity index (χ4n) is 1.58. The van der Waals surface area contributed by atoms with Crippen LogP contribution in [0.15, 0.2) is 0 Å². The number of nitrogens with two attached hydrogens (primary N) is 1. The molecule has 0 amide bonds. The van der Waals surface area contributed by atoms with E-state index in [1.54, 1.807) is 0 Å². The topological polar surface area (TPSA) is 80.5 Å². The third-order valence-corrected chi connectivity index (χ3v) is 1.75. The number of aromatic amines is 1. The number of aromatic nitrogens is 4. The maximum Gasteiger partial charge on any atom is 0.194 e. The van der Waals surface area contributed by atoms with Crippen LogP contribution < -0.4 is 5.73 Å². The van der Waals surface area contributed by atoms with Gasteiger partial charge in [-0.3, -0.25) is 0 Å². The maximum atomic E-state index is 6.08. The van der Waals surface area contributed by atoms with Gasteiger partial charge in [-0.05, 0) is 18.8 Å². The molecule has 0 saturated heterocycles. The molecule has 0 aliphatic carbocycles. The van der Waals surface area contributed by atoms with E-state index in [1.165, 1.54) is 0 Å². The van der Waals surface area contributed by atoms with Gasteiger partial charge in [0.1, 0.15) is 0 Å². The second kappa shape index (κ2) is 3.06. The Bertz CT molecular complexity index is 257. The third-order valence-electron chi connectivity index (χ3n) is 1.75. The average Bonchev–Trinajstić information content (AvgIpc) is 2.29. The van der Waals surface area contributed by atoms with Crippen molar-refractivity contribution >= 4 is 0 Å². The predicted octanol–water partition coefficient (Wildman–Crippen LogP) is 0.810. The first-order valence-corrected chi connectivity index (χ1v) is 4.34. The number of hydrogen-bond acceptors (Lipinski definition) is 4. The first kappa shape index (κ1) is 10.1. The summed E-state index contributed by atoms with van der Waals surface area (Å²) >= 11 is 0. The lowest BCUT2D eigenvalue weighted by Gasteiger charge is -2.29. The monoisotopic (exact) mass is 183 g/mol. The van der Waals surface area contributed by atoms with E-state index in [9.17, 15) is 0 Å². The molecule has 74 valence electrons. The van der Waals surface area contributed by atoms with Crippen LogP contribution in [0.5, 0.6) is 0 Å². The molecular weight excluding hydrogens is 166 g/mol. The molecule has 0 fully saturated rings. The summed E-state index contributed by atoms with van der Waals surface area (Å²) in [6, 6.07) is 0. The highest BCUT2D eigenvalue weighted by Gasteiger charge is 2.31. The SMILES string of the molecule is CC(C)(C)CC(C)(N)c1nn[nH]n1. The van der Waals surface area contributed by atoms with Crippen LogP contribution in [0.1, 0.15) is 39.9 Å². The number of tetrazole rings is 1. The van der Waals surface area contributed by atoms with Crippen molar-refractivity contribution in [1.82, 2.24) is 20.6 Å². The van der Waals surface area contributed by atoms with Gasteiger partial charge in [0.25, 0.3) is 0 Å². The number of rotatable bonds is 2. The van der Waals surface area contributed by atoms with E-state index in [0.29, 0.717) is 5.82 Å². The van der Waals surface area contributed by atoms with Crippen LogP contribution in [0.4, 0.5) is 0 Å². The van der Waals surface area contributed by atoms with Gasteiger partial charge < -0.3 is 5.73 Å². The summed E-state index contributed by atoms with van der Waals surface area (Å²) in [5.74, 6) is 0.572. The second-order valence-electron chi connectivity index (χ2n) is 4.89. The molecule has 3 N–H and O–H groups in total. The second-order valence-corrected chi connectivity index (χ2v) is 4.89. The van der Waals surface area contributed by atoms with E-state index in [1.807, 2.05) is 6.92 Å². The predicted molar refractivity (Wildman–Crippen MR) is 49.8 cm³/mol. The fourth-order valence-corrected chi connectivity index (χ4v) is 1.58. The molecule has 1 aromatic heterocycles. The van der Waals surface area contributed by atoms with Crippen LogP contribution >= 0.6 is 0 Å². The third kappa shape index (κ3) is 2.77. The van der Waals surface area contributed by atoms with Crippen molar-refractivity contribution in [3.63, 3.8) is 0 Å². The number of hydrogen-bond donors (Lipinski definition) is 2. The molecule has 1 heterocycles. The lowest BCUT2D eigenvalue weighted by Crippen LogP contribution is -2.38. The lowest BCUT2D eigenvalue weighted by molar-refractivity contribution is 0.264. The van der Waals surface area contributed by atoms with E-state index in [-0.39, 0.29) is 5.41 Å². The smallest absolute Gasteiger partial charge is 0.194 e. The van der Waals surface area contributed by atoms with Gasteiger partial charge >= 0.3 is 0 Å². The molecule has 1 aromatic rings. The summed E-state index contributed by atoms with van der Waals surface area (Å²) in [7, 11) is 0. The summed E-state index contributed by atoms with van der Waals surface area (Å²) < 4.78 is 0. The molecule has 1 atom stereocenters. The lowest BCUT2D eigenvalue weighted by atomic mass is 9.81. The molecule has 0 aliphatic heterocycles. The van der Waals surface area contributed by atoms with Crippen LogP contribution in [0.2, 0.25) is 0 Å². The molecule has 5 nitrogen and oxygen atoms in total. The highest BCUT2D eigenvalue weighted by molar-refractivity contribution is 4.99. The van der Waals surface area contributed by atoms with Gasteiger partial charge in [0, 0.05) is 0 Å².